The van der Waals surface area contributed by atoms with Crippen LogP contribution in [0.3, 0.4) is 0 Å². The van der Waals surface area contributed by atoms with Crippen LogP contribution in [0.5, 0.6) is 5.75 Å². The highest BCUT2D eigenvalue weighted by atomic mass is 35.5. The highest BCUT2D eigenvalue weighted by Gasteiger charge is 2.13. The van der Waals surface area contributed by atoms with E-state index < -0.39 is 4.92 Å². The Hall–Kier alpha value is -2.16. The second-order valence-corrected chi connectivity index (χ2v) is 7.61. The summed E-state index contributed by atoms with van der Waals surface area (Å²) in [6.45, 7) is 0. The smallest absolute Gasteiger partial charge is 0.270 e. The molecule has 0 amide bonds. The lowest BCUT2D eigenvalue weighted by atomic mass is 10.1. The number of nitro groups is 1. The molecule has 0 fully saturated rings. The first-order valence-electron chi connectivity index (χ1n) is 7.02. The van der Waals surface area contributed by atoms with Gasteiger partial charge in [0.05, 0.1) is 33.0 Å². The minimum Gasteiger partial charge on any atom is -0.495 e. The Balaban J connectivity index is 1.72. The number of thioether (sulfide) groups is 1. The molecule has 1 aromatic heterocycles. The molecule has 6 nitrogen and oxygen atoms in total. The summed E-state index contributed by atoms with van der Waals surface area (Å²) in [5.41, 5.74) is 1.20. The number of Topliss-reactive ketones (excluding diaryl/α,β-unsaturated/α-hetero) is 1. The second kappa shape index (κ2) is 7.38. The Labute approximate surface area is 155 Å². The number of thiazole rings is 1. The maximum Gasteiger partial charge on any atom is 0.270 e. The van der Waals surface area contributed by atoms with Crippen LogP contribution in [-0.4, -0.2) is 28.6 Å². The summed E-state index contributed by atoms with van der Waals surface area (Å²) >= 11 is 8.65. The number of ketones is 1. The average Bonchev–Trinajstić information content (AvgIpc) is 3.01. The normalized spacial score (nSPS) is 10.8. The van der Waals surface area contributed by atoms with Crippen LogP contribution in [0.1, 0.15) is 10.4 Å². The van der Waals surface area contributed by atoms with E-state index in [-0.39, 0.29) is 17.2 Å². The predicted octanol–water partition coefficient (Wildman–Crippen LogP) is 4.84. The van der Waals surface area contributed by atoms with Crippen LogP contribution in [0.15, 0.2) is 40.7 Å². The zero-order valence-electron chi connectivity index (χ0n) is 12.9. The van der Waals surface area contributed by atoms with Crippen molar-refractivity contribution in [2.24, 2.45) is 0 Å². The van der Waals surface area contributed by atoms with Crippen molar-refractivity contribution in [3.05, 3.63) is 57.1 Å². The summed E-state index contributed by atoms with van der Waals surface area (Å²) in [7, 11) is 1.51. The van der Waals surface area contributed by atoms with Crippen molar-refractivity contribution in [2.75, 3.05) is 12.9 Å². The van der Waals surface area contributed by atoms with Gasteiger partial charge in [-0.05, 0) is 24.3 Å². The third-order valence-corrected chi connectivity index (χ3v) is 5.82. The molecule has 0 saturated carbocycles. The Kier molecular flexibility index (Phi) is 5.22. The first-order chi connectivity index (χ1) is 12.0. The lowest BCUT2D eigenvalue weighted by Crippen LogP contribution is -2.02. The van der Waals surface area contributed by atoms with Crippen LogP contribution in [-0.2, 0) is 0 Å². The Morgan fingerprint density at radius 1 is 1.36 bits per heavy atom. The molecular formula is C16H11ClN2O4S2. The van der Waals surface area contributed by atoms with Gasteiger partial charge in [0.1, 0.15) is 5.75 Å². The Morgan fingerprint density at radius 2 is 2.16 bits per heavy atom. The molecule has 1 heterocycles. The van der Waals surface area contributed by atoms with Gasteiger partial charge >= 0.3 is 0 Å². The molecule has 0 spiro atoms. The van der Waals surface area contributed by atoms with Gasteiger partial charge in [0.15, 0.2) is 10.1 Å². The summed E-state index contributed by atoms with van der Waals surface area (Å²) in [6, 6.07) is 9.40. The molecule has 9 heteroatoms. The average molecular weight is 395 g/mol. The van der Waals surface area contributed by atoms with E-state index in [1.165, 1.54) is 42.3 Å². The molecule has 0 bridgehead atoms. The zero-order valence-corrected chi connectivity index (χ0v) is 15.3. The molecular weight excluding hydrogens is 384 g/mol. The molecule has 3 rings (SSSR count). The number of methoxy groups -OCH3 is 1. The van der Waals surface area contributed by atoms with Gasteiger partial charge < -0.3 is 4.74 Å². The van der Waals surface area contributed by atoms with Gasteiger partial charge in [-0.3, -0.25) is 14.9 Å². The van der Waals surface area contributed by atoms with Crippen LogP contribution >= 0.6 is 34.7 Å². The minimum absolute atomic E-state index is 0.0247. The summed E-state index contributed by atoms with van der Waals surface area (Å²) < 4.78 is 6.47. The number of nitrogens with zero attached hydrogens (tertiary/aromatic N) is 2. The van der Waals surface area contributed by atoms with Crippen molar-refractivity contribution >= 4 is 56.4 Å². The van der Waals surface area contributed by atoms with Crippen LogP contribution in [0, 0.1) is 10.1 Å². The topological polar surface area (TPSA) is 82.3 Å². The van der Waals surface area contributed by atoms with Gasteiger partial charge in [-0.25, -0.2) is 4.98 Å². The highest BCUT2D eigenvalue weighted by Crippen LogP contribution is 2.32. The van der Waals surface area contributed by atoms with Gasteiger partial charge in [0, 0.05) is 17.7 Å². The fourth-order valence-electron chi connectivity index (χ4n) is 2.12. The highest BCUT2D eigenvalue weighted by molar-refractivity contribution is 8.01. The number of non-ortho nitro benzene ring substituents is 1. The van der Waals surface area contributed by atoms with E-state index in [4.69, 9.17) is 16.3 Å². The lowest BCUT2D eigenvalue weighted by molar-refractivity contribution is -0.384. The predicted molar refractivity (Wildman–Crippen MR) is 99.3 cm³/mol. The SMILES string of the molecule is COc1ccc(C(=O)CSc2nc3ccc([N+](=O)[O-])cc3s2)cc1Cl. The monoisotopic (exact) mass is 394 g/mol. The number of fused-ring (bicyclic) bond motifs is 1. The van der Waals surface area contributed by atoms with Gasteiger partial charge in [-0.15, -0.1) is 11.3 Å². The van der Waals surface area contributed by atoms with Crippen molar-refractivity contribution in [2.45, 2.75) is 4.34 Å². The maximum absolute atomic E-state index is 12.3. The molecule has 25 heavy (non-hydrogen) atoms. The number of carbonyl (C=O) groups excluding carboxylic acids is 1. The molecule has 0 aliphatic carbocycles. The molecule has 2 aromatic carbocycles. The standard InChI is InChI=1S/C16H11ClN2O4S2/c1-23-14-5-2-9(6-11(14)17)13(20)8-24-16-18-12-4-3-10(19(21)22)7-15(12)25-16/h2-7H,8H2,1H3. The number of halogens is 1. The van der Waals surface area contributed by atoms with Crippen LogP contribution in [0.4, 0.5) is 5.69 Å². The number of ether oxygens (including phenoxy) is 1. The third kappa shape index (κ3) is 3.92. The van der Waals surface area contributed by atoms with Gasteiger partial charge in [0.25, 0.3) is 5.69 Å². The first-order valence-corrected chi connectivity index (χ1v) is 9.20. The van der Waals surface area contributed by atoms with Gasteiger partial charge in [-0.2, -0.15) is 0 Å². The van der Waals surface area contributed by atoms with E-state index in [2.05, 4.69) is 4.98 Å². The molecule has 0 aliphatic rings. The molecule has 0 atom stereocenters. The van der Waals surface area contributed by atoms with Crippen molar-refractivity contribution in [1.29, 1.82) is 0 Å². The number of hydrogen-bond donors (Lipinski definition) is 0. The van der Waals surface area contributed by atoms with Gasteiger partial charge in [-0.1, -0.05) is 23.4 Å². The van der Waals surface area contributed by atoms with E-state index in [0.29, 0.717) is 26.2 Å². The zero-order chi connectivity index (χ0) is 18.0. The molecule has 3 aromatic rings. The van der Waals surface area contributed by atoms with E-state index in [0.717, 1.165) is 4.70 Å². The quantitative estimate of drug-likeness (QED) is 0.257. The summed E-state index contributed by atoms with van der Waals surface area (Å²) in [5.74, 6) is 0.628. The molecule has 0 N–H and O–H groups in total. The third-order valence-electron chi connectivity index (χ3n) is 3.36. The summed E-state index contributed by atoms with van der Waals surface area (Å²) in [4.78, 5) is 27.1. The fraction of sp³-hybridized carbons (Fsp3) is 0.125. The van der Waals surface area contributed by atoms with Crippen LogP contribution in [0.25, 0.3) is 10.2 Å². The largest absolute Gasteiger partial charge is 0.495 e. The number of nitro benzene ring substituents is 1. The maximum atomic E-state index is 12.3. The van der Waals surface area contributed by atoms with Gasteiger partial charge in [0.2, 0.25) is 0 Å². The lowest BCUT2D eigenvalue weighted by Gasteiger charge is -2.05. The van der Waals surface area contributed by atoms with E-state index in [9.17, 15) is 14.9 Å². The van der Waals surface area contributed by atoms with Crippen LogP contribution in [0.2, 0.25) is 5.02 Å². The van der Waals surface area contributed by atoms with Crippen molar-refractivity contribution < 1.29 is 14.5 Å². The number of hydrogen-bond acceptors (Lipinski definition) is 7. The molecule has 0 radical (unpaired) electrons. The molecule has 0 unspecified atom stereocenters. The Bertz CT molecular complexity index is 974. The number of rotatable bonds is 6. The molecule has 128 valence electrons. The number of aromatic nitrogens is 1. The van der Waals surface area contributed by atoms with E-state index >= 15 is 0 Å². The number of benzene rings is 2. The summed E-state index contributed by atoms with van der Waals surface area (Å²) in [6.07, 6.45) is 0. The first kappa shape index (κ1) is 17.7. The van der Waals surface area contributed by atoms with E-state index in [1.807, 2.05) is 0 Å². The second-order valence-electron chi connectivity index (χ2n) is 4.95. The number of carbonyl (C=O) groups is 1. The molecule has 0 aliphatic heterocycles. The van der Waals surface area contributed by atoms with Crippen molar-refractivity contribution in [1.82, 2.24) is 4.98 Å². The minimum atomic E-state index is -0.442. The van der Waals surface area contributed by atoms with Crippen molar-refractivity contribution in [3.63, 3.8) is 0 Å². The van der Waals surface area contributed by atoms with Crippen LogP contribution < -0.4 is 4.74 Å². The molecule has 0 saturated heterocycles. The van der Waals surface area contributed by atoms with Crippen molar-refractivity contribution in [3.8, 4) is 5.75 Å². The van der Waals surface area contributed by atoms with E-state index in [1.54, 1.807) is 24.3 Å². The Morgan fingerprint density at radius 3 is 2.84 bits per heavy atom. The summed E-state index contributed by atoms with van der Waals surface area (Å²) in [5, 5.41) is 11.2. The fourth-order valence-corrected chi connectivity index (χ4v) is 4.37.